The second-order valence-electron chi connectivity index (χ2n) is 8.52. The Balaban J connectivity index is 1.73. The Morgan fingerprint density at radius 2 is 1.59 bits per heavy atom. The number of ether oxygens (including phenoxy) is 3. The van der Waals surface area contributed by atoms with E-state index < -0.39 is 84.1 Å². The number of aliphatic carboxylic acids is 1. The number of phenolic OH excluding ortho intramolecular Hbond substituents is 3. The van der Waals surface area contributed by atoms with Gasteiger partial charge in [0.15, 0.2) is 16.9 Å². The number of aliphatic hydroxyl groups is 3. The topological polar surface area (TPSA) is 257 Å². The van der Waals surface area contributed by atoms with Crippen molar-refractivity contribution >= 4 is 11.9 Å². The fourth-order valence-corrected chi connectivity index (χ4v) is 3.82. The largest absolute Gasteiger partial charge is 0.867 e. The highest BCUT2D eigenvalue weighted by atomic mass is 16.7. The molecule has 2 aliphatic heterocycles. The van der Waals surface area contributed by atoms with E-state index in [2.05, 4.69) is 0 Å². The van der Waals surface area contributed by atoms with Crippen LogP contribution in [0.3, 0.4) is 0 Å². The highest BCUT2D eigenvalue weighted by Gasteiger charge is 2.46. The van der Waals surface area contributed by atoms with Crippen LogP contribution in [0.5, 0.6) is 28.7 Å². The van der Waals surface area contributed by atoms with E-state index in [1.165, 1.54) is 0 Å². The van der Waals surface area contributed by atoms with Gasteiger partial charge in [0.25, 0.3) is 0 Å². The molecule has 208 valence electrons. The fourth-order valence-electron chi connectivity index (χ4n) is 3.82. The predicted octanol–water partition coefficient (Wildman–Crippen LogP) is -1.19. The Morgan fingerprint density at radius 3 is 2.23 bits per heavy atom. The van der Waals surface area contributed by atoms with E-state index in [1.54, 1.807) is 0 Å². The molecule has 0 bridgehead atoms. The number of benzene rings is 2. The summed E-state index contributed by atoms with van der Waals surface area (Å²) in [5.41, 5.74) is -0.845. The lowest BCUT2D eigenvalue weighted by Crippen LogP contribution is -2.60. The summed E-state index contributed by atoms with van der Waals surface area (Å²) in [5, 5.41) is 81.5. The smallest absolute Gasteiger partial charge is 0.317 e. The minimum atomic E-state index is -1.92. The van der Waals surface area contributed by atoms with Gasteiger partial charge in [-0.2, -0.15) is 0 Å². The third kappa shape index (κ3) is 5.65. The Labute approximate surface area is 217 Å². The molecular formula is C24H21O15-. The highest BCUT2D eigenvalue weighted by Crippen LogP contribution is 2.44. The van der Waals surface area contributed by atoms with Gasteiger partial charge in [0.1, 0.15) is 60.5 Å². The molecule has 0 unspecified atom stereocenters. The molecule has 0 spiro atoms. The highest BCUT2D eigenvalue weighted by molar-refractivity contribution is 5.90. The van der Waals surface area contributed by atoms with E-state index in [9.17, 15) is 50.1 Å². The number of fused-ring (bicyclic) bond motifs is 1. The summed E-state index contributed by atoms with van der Waals surface area (Å²) in [6.45, 7) is -0.731. The minimum absolute atomic E-state index is 0.0627. The Morgan fingerprint density at radius 1 is 0.923 bits per heavy atom. The van der Waals surface area contributed by atoms with E-state index in [0.29, 0.717) is 0 Å². The van der Waals surface area contributed by atoms with Gasteiger partial charge in [-0.3, -0.25) is 14.4 Å². The third-order valence-corrected chi connectivity index (χ3v) is 5.73. The van der Waals surface area contributed by atoms with Gasteiger partial charge in [0, 0.05) is 17.7 Å². The molecule has 3 aliphatic rings. The number of carboxylic acids is 1. The number of carboxylic acid groups (broad SMARTS) is 1. The maximum absolute atomic E-state index is 11.9. The first-order valence-electron chi connectivity index (χ1n) is 11.1. The zero-order chi connectivity index (χ0) is 28.6. The molecule has 1 aromatic carbocycles. The average Bonchev–Trinajstić information content (AvgIpc) is 2.86. The number of carbonyl (C=O) groups excluding carboxylic acids is 1. The Hall–Kier alpha value is -4.57. The zero-order valence-corrected chi connectivity index (χ0v) is 19.6. The van der Waals surface area contributed by atoms with Crippen molar-refractivity contribution in [3.05, 3.63) is 40.6 Å². The normalized spacial score (nSPS) is 22.9. The first-order valence-corrected chi connectivity index (χ1v) is 11.1. The number of hydrogen-bond donors (Lipinski definition) is 7. The van der Waals surface area contributed by atoms with Crippen molar-refractivity contribution in [3.63, 3.8) is 0 Å². The molecule has 7 N–H and O–H groups in total. The molecule has 0 radical (unpaired) electrons. The van der Waals surface area contributed by atoms with E-state index in [-0.39, 0.29) is 28.4 Å². The van der Waals surface area contributed by atoms with Crippen LogP contribution in [0.4, 0.5) is 0 Å². The van der Waals surface area contributed by atoms with Crippen LogP contribution in [0.15, 0.2) is 39.5 Å². The lowest BCUT2D eigenvalue weighted by molar-refractivity contribution is -0.278. The van der Waals surface area contributed by atoms with Crippen molar-refractivity contribution in [2.45, 2.75) is 37.1 Å². The predicted molar refractivity (Wildman–Crippen MR) is 122 cm³/mol. The van der Waals surface area contributed by atoms with Crippen LogP contribution < -0.4 is 15.3 Å². The van der Waals surface area contributed by atoms with Crippen molar-refractivity contribution in [2.75, 3.05) is 6.61 Å². The molecule has 4 rings (SSSR count). The van der Waals surface area contributed by atoms with Gasteiger partial charge in [0.2, 0.25) is 6.29 Å². The van der Waals surface area contributed by atoms with Gasteiger partial charge < -0.3 is 59.5 Å². The lowest BCUT2D eigenvalue weighted by Gasteiger charge is -2.40. The number of carbonyl (C=O) groups is 2. The van der Waals surface area contributed by atoms with E-state index in [0.717, 1.165) is 30.3 Å². The van der Waals surface area contributed by atoms with Crippen LogP contribution in [-0.4, -0.2) is 85.0 Å². The minimum Gasteiger partial charge on any atom is -0.867 e. The summed E-state index contributed by atoms with van der Waals surface area (Å²) in [6.07, 6.45) is -9.91. The van der Waals surface area contributed by atoms with Gasteiger partial charge in [-0.1, -0.05) is 0 Å². The number of hydrogen-bond acceptors (Lipinski definition) is 14. The molecular weight excluding hydrogens is 528 g/mol. The summed E-state index contributed by atoms with van der Waals surface area (Å²) in [5.74, 6) is -6.86. The summed E-state index contributed by atoms with van der Waals surface area (Å²) in [4.78, 5) is 34.1. The van der Waals surface area contributed by atoms with Crippen LogP contribution in [0.2, 0.25) is 0 Å². The molecule has 39 heavy (non-hydrogen) atoms. The zero-order valence-electron chi connectivity index (χ0n) is 19.6. The molecule has 0 aromatic heterocycles. The van der Waals surface area contributed by atoms with Crippen molar-refractivity contribution < 1.29 is 69.1 Å². The van der Waals surface area contributed by atoms with Crippen LogP contribution in [0.25, 0.3) is 22.6 Å². The Kier molecular flexibility index (Phi) is 7.51. The molecule has 15 heteroatoms. The van der Waals surface area contributed by atoms with Crippen molar-refractivity contribution in [3.8, 4) is 51.4 Å². The summed E-state index contributed by atoms with van der Waals surface area (Å²) < 4.78 is 21.5. The lowest BCUT2D eigenvalue weighted by atomic mass is 9.99. The second-order valence-corrected chi connectivity index (χ2v) is 8.52. The number of esters is 1. The van der Waals surface area contributed by atoms with Crippen LogP contribution in [0, 0.1) is 0 Å². The number of aliphatic hydroxyl groups excluding tert-OH is 3. The summed E-state index contributed by atoms with van der Waals surface area (Å²) in [6, 6.07) is 4.83. The van der Waals surface area contributed by atoms with Gasteiger partial charge in [-0.25, -0.2) is 0 Å². The monoisotopic (exact) mass is 549 g/mol. The molecule has 1 aromatic rings. The molecule has 1 fully saturated rings. The average molecular weight is 549 g/mol. The van der Waals surface area contributed by atoms with Gasteiger partial charge >= 0.3 is 11.9 Å². The van der Waals surface area contributed by atoms with Gasteiger partial charge in [-0.15, -0.1) is 0 Å². The summed E-state index contributed by atoms with van der Waals surface area (Å²) >= 11 is 0. The third-order valence-electron chi connectivity index (χ3n) is 5.73. The van der Waals surface area contributed by atoms with Crippen LogP contribution >= 0.6 is 0 Å². The van der Waals surface area contributed by atoms with E-state index in [4.69, 9.17) is 23.7 Å². The first-order chi connectivity index (χ1) is 18.3. The molecule has 0 saturated carbocycles. The molecule has 2 heterocycles. The fraction of sp³-hybridized carbons (Fsp3) is 0.292. The van der Waals surface area contributed by atoms with Crippen LogP contribution in [0.1, 0.15) is 6.42 Å². The first kappa shape index (κ1) is 27.5. The molecule has 15 nitrogen and oxygen atoms in total. The van der Waals surface area contributed by atoms with E-state index >= 15 is 0 Å². The summed E-state index contributed by atoms with van der Waals surface area (Å²) in [7, 11) is 0. The second kappa shape index (κ2) is 10.7. The molecule has 1 aliphatic carbocycles. The van der Waals surface area contributed by atoms with Crippen molar-refractivity contribution in [1.82, 2.24) is 0 Å². The van der Waals surface area contributed by atoms with Gasteiger partial charge in [0.05, 0.1) is 5.56 Å². The maximum Gasteiger partial charge on any atom is 0.317 e. The molecule has 5 atom stereocenters. The standard InChI is InChI=1S/C24H22O15/c25-9-3-11(26)10-5-15(23(37-14(10)4-9)8-1-12(27)19(32)13(28)2-8)38-24-22(35)21(34)20(33)16(39-24)7-36-18(31)6-17(29)30/h1-5,16,20-22,24,26-28,32-35H,6-7H2,(H,29,30)/p-1/t16-,20-,21+,22-,24-/m1/s1. The number of aromatic hydroxyl groups is 3. The number of rotatable bonds is 7. The van der Waals surface area contributed by atoms with Crippen LogP contribution in [-0.2, 0) is 19.1 Å². The van der Waals surface area contributed by atoms with Gasteiger partial charge in [-0.05, 0) is 23.9 Å². The molecule has 0 amide bonds. The molecule has 1 saturated heterocycles. The quantitative estimate of drug-likeness (QED) is 0.135. The van der Waals surface area contributed by atoms with Crippen molar-refractivity contribution in [1.29, 1.82) is 0 Å². The maximum atomic E-state index is 11.9. The Bertz CT molecular complexity index is 1410. The SMILES string of the molecule is O=C(O)CC(=O)OC[C@H]1O[C@@H](Oc2cc3c(O)cc(=O)cc-3oc2-c2cc(O)c([O-])c(O)c2)[C@H](O)[C@@H](O)[C@@H]1O. The van der Waals surface area contributed by atoms with Crippen molar-refractivity contribution in [2.24, 2.45) is 0 Å². The number of phenols is 3. The van der Waals surface area contributed by atoms with E-state index in [1.807, 2.05) is 0 Å².